The van der Waals surface area contributed by atoms with Gasteiger partial charge in [0.15, 0.2) is 5.82 Å². The van der Waals surface area contributed by atoms with E-state index in [4.69, 9.17) is 15.6 Å². The lowest BCUT2D eigenvalue weighted by atomic mass is 10.1. The van der Waals surface area contributed by atoms with E-state index < -0.39 is 5.91 Å². The number of nitrogens with zero attached hydrogens (tertiary/aromatic N) is 5. The van der Waals surface area contributed by atoms with E-state index in [1.807, 2.05) is 81.0 Å². The number of nitrogens with one attached hydrogen (secondary N) is 1. The molecular formula is C26H31N7O2. The van der Waals surface area contributed by atoms with Crippen LogP contribution in [0.15, 0.2) is 48.5 Å². The lowest BCUT2D eigenvalue weighted by Crippen LogP contribution is -2.18. The van der Waals surface area contributed by atoms with Crippen molar-refractivity contribution in [1.82, 2.24) is 25.3 Å². The van der Waals surface area contributed by atoms with Gasteiger partial charge < -0.3 is 20.7 Å². The fourth-order valence-corrected chi connectivity index (χ4v) is 4.17. The van der Waals surface area contributed by atoms with Crippen LogP contribution in [0.3, 0.4) is 0 Å². The molecule has 182 valence electrons. The second kappa shape index (κ2) is 10.1. The fourth-order valence-electron chi connectivity index (χ4n) is 4.17. The monoisotopic (exact) mass is 473 g/mol. The van der Waals surface area contributed by atoms with E-state index in [-0.39, 0.29) is 6.10 Å². The van der Waals surface area contributed by atoms with E-state index in [1.54, 1.807) is 12.1 Å². The Hall–Kier alpha value is -3.98. The lowest BCUT2D eigenvalue weighted by molar-refractivity contribution is 0.0999. The molecule has 4 rings (SSSR count). The minimum atomic E-state index is -0.519. The average Bonchev–Trinajstić information content (AvgIpc) is 3.19. The summed E-state index contributed by atoms with van der Waals surface area (Å²) in [5.74, 6) is 0.682. The van der Waals surface area contributed by atoms with E-state index in [9.17, 15) is 4.79 Å². The van der Waals surface area contributed by atoms with Gasteiger partial charge in [0.1, 0.15) is 23.1 Å². The number of primary amides is 1. The maximum absolute atomic E-state index is 12.0. The number of benzene rings is 2. The summed E-state index contributed by atoms with van der Waals surface area (Å²) in [6, 6.07) is 15.2. The summed E-state index contributed by atoms with van der Waals surface area (Å²) >= 11 is 0. The maximum atomic E-state index is 12.0. The molecule has 3 N–H and O–H groups in total. The number of hydrogen-bond acceptors (Lipinski definition) is 7. The number of rotatable bonds is 9. The molecule has 0 bridgehead atoms. The highest BCUT2D eigenvalue weighted by Gasteiger charge is 2.22. The zero-order valence-electron chi connectivity index (χ0n) is 20.7. The highest BCUT2D eigenvalue weighted by atomic mass is 16.5. The van der Waals surface area contributed by atoms with Crippen molar-refractivity contribution in [2.75, 3.05) is 32.6 Å². The molecular weight excluding hydrogens is 442 g/mol. The normalized spacial score (nSPS) is 12.0. The molecule has 2 heterocycles. The largest absolute Gasteiger partial charge is 0.483 e. The van der Waals surface area contributed by atoms with Crippen molar-refractivity contribution in [3.8, 4) is 11.4 Å². The molecule has 0 saturated heterocycles. The van der Waals surface area contributed by atoms with Gasteiger partial charge in [-0.05, 0) is 51.2 Å². The molecule has 0 aliphatic carbocycles. The third-order valence-corrected chi connectivity index (χ3v) is 5.98. The van der Waals surface area contributed by atoms with Gasteiger partial charge in [-0.3, -0.25) is 4.79 Å². The first-order chi connectivity index (χ1) is 16.8. The number of nitrogens with two attached hydrogens (primary N) is 1. The molecule has 1 atom stereocenters. The van der Waals surface area contributed by atoms with Crippen LogP contribution >= 0.6 is 0 Å². The first-order valence-corrected chi connectivity index (χ1v) is 11.5. The molecule has 1 unspecified atom stereocenters. The number of aryl methyl sites for hydroxylation is 2. The molecule has 1 amide bonds. The van der Waals surface area contributed by atoms with Gasteiger partial charge in [-0.25, -0.2) is 4.68 Å². The molecule has 0 aliphatic rings. The molecule has 0 radical (unpaired) electrons. The van der Waals surface area contributed by atoms with E-state index in [1.165, 1.54) is 0 Å². The Morgan fingerprint density at radius 2 is 1.89 bits per heavy atom. The highest BCUT2D eigenvalue weighted by molar-refractivity contribution is 5.94. The van der Waals surface area contributed by atoms with Gasteiger partial charge in [-0.1, -0.05) is 30.3 Å². The Balaban J connectivity index is 1.88. The molecule has 0 spiro atoms. The van der Waals surface area contributed by atoms with E-state index >= 15 is 0 Å². The maximum Gasteiger partial charge on any atom is 0.248 e. The Labute approximate surface area is 204 Å². The SMILES string of the molecule is CNCCC(Oc1cc(C(N)=O)ccc1-n1nc2c(N(C)C)nnc(C)c2c1C)c1ccccc1. The number of amides is 1. The van der Waals surface area contributed by atoms with E-state index in [0.29, 0.717) is 22.8 Å². The summed E-state index contributed by atoms with van der Waals surface area (Å²) in [5.41, 5.74) is 10.2. The standard InChI is InChI=1S/C26H31N7O2/c1-16-23-17(2)33(31-24(23)26(30-29-16)32(4)5)20-12-11-19(25(27)34)15-22(20)35-21(13-14-28-3)18-9-7-6-8-10-18/h6-12,15,21,28H,13-14H2,1-5H3,(H2,27,34). The Morgan fingerprint density at radius 1 is 1.14 bits per heavy atom. The van der Waals surface area contributed by atoms with Gasteiger partial charge in [0.25, 0.3) is 0 Å². The molecule has 0 aliphatic heterocycles. The number of ether oxygens (including phenoxy) is 1. The van der Waals surface area contributed by atoms with Crippen molar-refractivity contribution in [2.45, 2.75) is 26.4 Å². The van der Waals surface area contributed by atoms with Crippen LogP contribution in [0.1, 0.15) is 39.8 Å². The van der Waals surface area contributed by atoms with Crippen LogP contribution in [-0.4, -0.2) is 53.6 Å². The molecule has 9 nitrogen and oxygen atoms in total. The zero-order valence-corrected chi connectivity index (χ0v) is 20.7. The number of aromatic nitrogens is 4. The van der Waals surface area contributed by atoms with Crippen molar-refractivity contribution in [1.29, 1.82) is 0 Å². The van der Waals surface area contributed by atoms with Crippen molar-refractivity contribution in [3.63, 3.8) is 0 Å². The zero-order chi connectivity index (χ0) is 25.1. The van der Waals surface area contributed by atoms with Gasteiger partial charge in [0.2, 0.25) is 5.91 Å². The van der Waals surface area contributed by atoms with Crippen LogP contribution in [0, 0.1) is 13.8 Å². The molecule has 35 heavy (non-hydrogen) atoms. The summed E-state index contributed by atoms with van der Waals surface area (Å²) in [5, 5.41) is 17.7. The molecule has 0 saturated carbocycles. The summed E-state index contributed by atoms with van der Waals surface area (Å²) in [6.07, 6.45) is 0.497. The van der Waals surface area contributed by atoms with Gasteiger partial charge in [0.05, 0.1) is 16.8 Å². The Bertz CT molecular complexity index is 1350. The second-order valence-corrected chi connectivity index (χ2v) is 8.68. The molecule has 0 fully saturated rings. The number of anilines is 1. The number of hydrogen-bond donors (Lipinski definition) is 2. The quantitative estimate of drug-likeness (QED) is 0.384. The first kappa shape index (κ1) is 24.2. The van der Waals surface area contributed by atoms with Crippen LogP contribution in [0.2, 0.25) is 0 Å². The van der Waals surface area contributed by atoms with Crippen LogP contribution in [0.25, 0.3) is 16.6 Å². The van der Waals surface area contributed by atoms with Gasteiger partial charge >= 0.3 is 0 Å². The van der Waals surface area contributed by atoms with Gasteiger partial charge in [-0.15, -0.1) is 5.10 Å². The first-order valence-electron chi connectivity index (χ1n) is 11.5. The Kier molecular flexibility index (Phi) is 6.97. The van der Waals surface area contributed by atoms with Crippen LogP contribution in [0.5, 0.6) is 5.75 Å². The third-order valence-electron chi connectivity index (χ3n) is 5.98. The van der Waals surface area contributed by atoms with Crippen LogP contribution < -0.4 is 20.7 Å². The molecule has 2 aromatic heterocycles. The van der Waals surface area contributed by atoms with Crippen molar-refractivity contribution >= 4 is 22.6 Å². The summed E-state index contributed by atoms with van der Waals surface area (Å²) in [4.78, 5) is 13.9. The van der Waals surface area contributed by atoms with Crippen molar-refractivity contribution in [2.24, 2.45) is 5.73 Å². The second-order valence-electron chi connectivity index (χ2n) is 8.68. The molecule has 4 aromatic rings. The topological polar surface area (TPSA) is 111 Å². The van der Waals surface area contributed by atoms with E-state index in [2.05, 4.69) is 15.5 Å². The smallest absolute Gasteiger partial charge is 0.248 e. The number of carbonyl (C=O) groups is 1. The Morgan fingerprint density at radius 3 is 2.54 bits per heavy atom. The molecule has 9 heteroatoms. The number of fused-ring (bicyclic) bond motifs is 1. The molecule has 2 aromatic carbocycles. The highest BCUT2D eigenvalue weighted by Crippen LogP contribution is 2.34. The van der Waals surface area contributed by atoms with Crippen molar-refractivity contribution < 1.29 is 9.53 Å². The third kappa shape index (κ3) is 4.81. The fraction of sp³-hybridized carbons (Fsp3) is 0.308. The average molecular weight is 474 g/mol. The lowest BCUT2D eigenvalue weighted by Gasteiger charge is -2.22. The minimum Gasteiger partial charge on any atom is -0.483 e. The van der Waals surface area contributed by atoms with Gasteiger partial charge in [0, 0.05) is 26.1 Å². The predicted octanol–water partition coefficient (Wildman–Crippen LogP) is 3.33. The van der Waals surface area contributed by atoms with Crippen LogP contribution in [0.4, 0.5) is 5.82 Å². The predicted molar refractivity (Wildman–Crippen MR) is 137 cm³/mol. The minimum absolute atomic E-state index is 0.238. The summed E-state index contributed by atoms with van der Waals surface area (Å²) < 4.78 is 8.42. The summed E-state index contributed by atoms with van der Waals surface area (Å²) in [6.45, 7) is 4.67. The van der Waals surface area contributed by atoms with Crippen LogP contribution in [-0.2, 0) is 0 Å². The summed E-state index contributed by atoms with van der Waals surface area (Å²) in [7, 11) is 5.73. The van der Waals surface area contributed by atoms with Crippen molar-refractivity contribution in [3.05, 3.63) is 71.0 Å². The van der Waals surface area contributed by atoms with E-state index in [0.717, 1.165) is 40.8 Å². The van der Waals surface area contributed by atoms with Gasteiger partial charge in [-0.2, -0.15) is 10.2 Å². The number of carbonyl (C=O) groups excluding carboxylic acids is 1.